The van der Waals surface area contributed by atoms with Crippen LogP contribution in [0.5, 0.6) is 0 Å². The molecule has 0 radical (unpaired) electrons. The maximum Gasteiger partial charge on any atom is 0.280 e. The number of nitrogens with zero attached hydrogens (tertiary/aromatic N) is 1. The average molecular weight is 351 g/mol. The van der Waals surface area contributed by atoms with Gasteiger partial charge in [-0.1, -0.05) is 37.9 Å². The predicted molar refractivity (Wildman–Crippen MR) is 68.5 cm³/mol. The minimum absolute atomic E-state index is 0.122. The quantitative estimate of drug-likeness (QED) is 0.353. The van der Waals surface area contributed by atoms with Crippen LogP contribution in [0.2, 0.25) is 0 Å². The molecular formula is C10H9Br2NO3. The van der Waals surface area contributed by atoms with Gasteiger partial charge < -0.3 is 0 Å². The Morgan fingerprint density at radius 3 is 2.56 bits per heavy atom. The highest BCUT2D eigenvalue weighted by Gasteiger charge is 2.19. The number of halogens is 2. The van der Waals surface area contributed by atoms with E-state index in [1.807, 2.05) is 0 Å². The van der Waals surface area contributed by atoms with E-state index in [2.05, 4.69) is 31.9 Å². The summed E-state index contributed by atoms with van der Waals surface area (Å²) in [5.41, 5.74) is 0.833. The molecule has 0 atom stereocenters. The number of hydrogen-bond acceptors (Lipinski definition) is 3. The first-order valence-electron chi connectivity index (χ1n) is 4.52. The molecule has 86 valence electrons. The van der Waals surface area contributed by atoms with Crippen molar-refractivity contribution in [3.05, 3.63) is 39.4 Å². The van der Waals surface area contributed by atoms with E-state index < -0.39 is 4.92 Å². The van der Waals surface area contributed by atoms with Gasteiger partial charge in [-0.15, -0.1) is 0 Å². The lowest BCUT2D eigenvalue weighted by molar-refractivity contribution is -0.385. The van der Waals surface area contributed by atoms with Crippen LogP contribution in [0.4, 0.5) is 5.69 Å². The van der Waals surface area contributed by atoms with Gasteiger partial charge in [0.25, 0.3) is 5.69 Å². The monoisotopic (exact) mass is 349 g/mol. The van der Waals surface area contributed by atoms with E-state index in [1.165, 1.54) is 12.1 Å². The molecule has 0 bridgehead atoms. The highest BCUT2D eigenvalue weighted by atomic mass is 79.9. The minimum Gasteiger partial charge on any atom is -0.294 e. The van der Waals surface area contributed by atoms with E-state index in [1.54, 1.807) is 6.07 Å². The van der Waals surface area contributed by atoms with Crippen LogP contribution in [0.3, 0.4) is 0 Å². The van der Waals surface area contributed by atoms with Crippen molar-refractivity contribution >= 4 is 43.3 Å². The Labute approximate surface area is 109 Å². The fraction of sp³-hybridized carbons (Fsp3) is 0.300. The Hall–Kier alpha value is -0.750. The molecule has 0 aliphatic carbocycles. The molecule has 0 saturated carbocycles. The van der Waals surface area contributed by atoms with Gasteiger partial charge in [0, 0.05) is 23.1 Å². The van der Waals surface area contributed by atoms with Crippen molar-refractivity contribution < 1.29 is 9.72 Å². The lowest BCUT2D eigenvalue weighted by atomic mass is 10.0. The maximum atomic E-state index is 11.6. The van der Waals surface area contributed by atoms with Crippen LogP contribution in [0.25, 0.3) is 0 Å². The van der Waals surface area contributed by atoms with Crippen molar-refractivity contribution in [2.75, 3.05) is 5.33 Å². The van der Waals surface area contributed by atoms with Gasteiger partial charge in [0.15, 0.2) is 5.78 Å². The predicted octanol–water partition coefficient (Wildman–Crippen LogP) is 3.46. The number of carbonyl (C=O) groups is 1. The first-order chi connectivity index (χ1) is 7.60. The molecule has 16 heavy (non-hydrogen) atoms. The Kier molecular flexibility index (Phi) is 5.08. The largest absolute Gasteiger partial charge is 0.294 e. The van der Waals surface area contributed by atoms with Gasteiger partial charge in [0.05, 0.1) is 10.5 Å². The summed E-state index contributed by atoms with van der Waals surface area (Å²) in [5.74, 6) is -0.218. The van der Waals surface area contributed by atoms with Gasteiger partial charge in [0.2, 0.25) is 0 Å². The zero-order valence-corrected chi connectivity index (χ0v) is 11.5. The second kappa shape index (κ2) is 6.10. The van der Waals surface area contributed by atoms with Crippen LogP contribution in [0.1, 0.15) is 22.3 Å². The van der Waals surface area contributed by atoms with Crippen LogP contribution in [-0.2, 0) is 5.33 Å². The van der Waals surface area contributed by atoms with E-state index >= 15 is 0 Å². The number of alkyl halides is 2. The smallest absolute Gasteiger partial charge is 0.280 e. The van der Waals surface area contributed by atoms with Gasteiger partial charge in [-0.3, -0.25) is 14.9 Å². The lowest BCUT2D eigenvalue weighted by Crippen LogP contribution is -2.04. The fourth-order valence-electron chi connectivity index (χ4n) is 1.27. The molecule has 1 aromatic rings. The van der Waals surface area contributed by atoms with Gasteiger partial charge in [-0.25, -0.2) is 0 Å². The number of Topliss-reactive ketones (excluding diaryl/α,β-unsaturated/α-hetero) is 1. The number of ketones is 1. The van der Waals surface area contributed by atoms with Gasteiger partial charge in [-0.2, -0.15) is 0 Å². The van der Waals surface area contributed by atoms with E-state index in [0.29, 0.717) is 10.7 Å². The van der Waals surface area contributed by atoms with Crippen molar-refractivity contribution in [2.24, 2.45) is 0 Å². The molecule has 6 heteroatoms. The standard InChI is InChI=1S/C10H9Br2NO3/c11-4-3-10(14)8-2-1-7(6-12)5-9(8)13(15)16/h1-2,5H,3-4,6H2. The zero-order chi connectivity index (χ0) is 12.1. The summed E-state index contributed by atoms with van der Waals surface area (Å²) in [6.45, 7) is 0. The summed E-state index contributed by atoms with van der Waals surface area (Å²) in [4.78, 5) is 21.9. The molecule has 0 fully saturated rings. The molecule has 0 heterocycles. The average Bonchev–Trinajstić information content (AvgIpc) is 2.28. The summed E-state index contributed by atoms with van der Waals surface area (Å²) >= 11 is 6.36. The minimum atomic E-state index is -0.520. The first-order valence-corrected chi connectivity index (χ1v) is 6.77. The first kappa shape index (κ1) is 13.3. The van der Waals surface area contributed by atoms with Crippen molar-refractivity contribution in [2.45, 2.75) is 11.8 Å². The Morgan fingerprint density at radius 1 is 1.38 bits per heavy atom. The second-order valence-electron chi connectivity index (χ2n) is 3.10. The third-order valence-electron chi connectivity index (χ3n) is 2.04. The molecule has 0 unspecified atom stereocenters. The van der Waals surface area contributed by atoms with Crippen molar-refractivity contribution in [1.82, 2.24) is 0 Å². The molecule has 0 aliphatic heterocycles. The lowest BCUT2D eigenvalue weighted by Gasteiger charge is -2.02. The summed E-state index contributed by atoms with van der Waals surface area (Å²) in [6.07, 6.45) is 0.258. The molecular weight excluding hydrogens is 342 g/mol. The Bertz CT molecular complexity index is 421. The van der Waals surface area contributed by atoms with Crippen molar-refractivity contribution in [3.63, 3.8) is 0 Å². The highest BCUT2D eigenvalue weighted by Crippen LogP contribution is 2.23. The number of benzene rings is 1. The van der Waals surface area contributed by atoms with Crippen LogP contribution in [-0.4, -0.2) is 16.0 Å². The SMILES string of the molecule is O=C(CCBr)c1ccc(CBr)cc1[N+](=O)[O-]. The molecule has 1 rings (SSSR count). The number of nitro benzene ring substituents is 1. The Balaban J connectivity index is 3.17. The molecule has 4 nitrogen and oxygen atoms in total. The maximum absolute atomic E-state index is 11.6. The molecule has 0 amide bonds. The highest BCUT2D eigenvalue weighted by molar-refractivity contribution is 9.09. The molecule has 0 N–H and O–H groups in total. The zero-order valence-electron chi connectivity index (χ0n) is 8.28. The summed E-state index contributed by atoms with van der Waals surface area (Å²) in [5, 5.41) is 11.9. The number of rotatable bonds is 5. The van der Waals surface area contributed by atoms with Crippen LogP contribution in [0.15, 0.2) is 18.2 Å². The van der Waals surface area contributed by atoms with Gasteiger partial charge >= 0.3 is 0 Å². The molecule has 0 aliphatic rings. The van der Waals surface area contributed by atoms with Crippen LogP contribution >= 0.6 is 31.9 Å². The summed E-state index contributed by atoms with van der Waals surface area (Å²) in [6, 6.07) is 4.65. The molecule has 1 aromatic carbocycles. The van der Waals surface area contributed by atoms with Crippen LogP contribution in [0, 0.1) is 10.1 Å². The fourth-order valence-corrected chi connectivity index (χ4v) is 1.98. The summed E-state index contributed by atoms with van der Waals surface area (Å²) in [7, 11) is 0. The molecule has 0 aromatic heterocycles. The van der Waals surface area contributed by atoms with E-state index in [9.17, 15) is 14.9 Å². The third kappa shape index (κ3) is 3.12. The van der Waals surface area contributed by atoms with Gasteiger partial charge in [-0.05, 0) is 11.6 Å². The summed E-state index contributed by atoms with van der Waals surface area (Å²) < 4.78 is 0. The normalized spacial score (nSPS) is 10.1. The van der Waals surface area contributed by atoms with E-state index in [-0.39, 0.29) is 23.5 Å². The van der Waals surface area contributed by atoms with E-state index in [4.69, 9.17) is 0 Å². The number of nitro groups is 1. The second-order valence-corrected chi connectivity index (χ2v) is 4.46. The van der Waals surface area contributed by atoms with Gasteiger partial charge in [0.1, 0.15) is 0 Å². The molecule has 0 saturated heterocycles. The van der Waals surface area contributed by atoms with Crippen LogP contribution < -0.4 is 0 Å². The van der Waals surface area contributed by atoms with Crippen molar-refractivity contribution in [3.8, 4) is 0 Å². The molecule has 0 spiro atoms. The topological polar surface area (TPSA) is 60.2 Å². The number of carbonyl (C=O) groups excluding carboxylic acids is 1. The Morgan fingerprint density at radius 2 is 2.06 bits per heavy atom. The third-order valence-corrected chi connectivity index (χ3v) is 3.08. The van der Waals surface area contributed by atoms with E-state index in [0.717, 1.165) is 5.56 Å². The van der Waals surface area contributed by atoms with Crippen molar-refractivity contribution in [1.29, 1.82) is 0 Å². The number of hydrogen-bond donors (Lipinski definition) is 0.